The van der Waals surface area contributed by atoms with E-state index in [2.05, 4.69) is 5.32 Å². The highest BCUT2D eigenvalue weighted by Crippen LogP contribution is 2.15. The Kier molecular flexibility index (Phi) is 5.53. The molecule has 0 radical (unpaired) electrons. The number of rotatable bonds is 5. The lowest BCUT2D eigenvalue weighted by Crippen LogP contribution is -2.21. The molecule has 2 aromatic carbocycles. The molecule has 6 nitrogen and oxygen atoms in total. The standard InChI is InChI=1S/C18H17N3O3/c1-21(2)16-8-6-15(7-9-16)20-17(22)12-24-18(23)14-5-3-4-13(10-14)11-19/h3-10H,12H2,1-2H3,(H,20,22). The minimum atomic E-state index is -0.648. The van der Waals surface area contributed by atoms with Crippen LogP contribution in [0.25, 0.3) is 0 Å². The number of carbonyl (C=O) groups is 2. The van der Waals surface area contributed by atoms with Gasteiger partial charge in [-0.1, -0.05) is 6.07 Å². The molecular formula is C18H17N3O3. The summed E-state index contributed by atoms with van der Waals surface area (Å²) in [5.74, 6) is -1.08. The number of nitriles is 1. The second kappa shape index (κ2) is 7.79. The van der Waals surface area contributed by atoms with Gasteiger partial charge in [0.05, 0.1) is 17.2 Å². The summed E-state index contributed by atoms with van der Waals surface area (Å²) < 4.78 is 4.95. The molecule has 0 spiro atoms. The molecule has 0 atom stereocenters. The summed E-state index contributed by atoms with van der Waals surface area (Å²) in [7, 11) is 3.85. The number of hydrogen-bond acceptors (Lipinski definition) is 5. The first-order chi connectivity index (χ1) is 11.5. The molecule has 1 N–H and O–H groups in total. The van der Waals surface area contributed by atoms with Gasteiger partial charge in [-0.25, -0.2) is 4.79 Å². The third-order valence-electron chi connectivity index (χ3n) is 3.23. The lowest BCUT2D eigenvalue weighted by molar-refractivity contribution is -0.119. The average molecular weight is 323 g/mol. The molecular weight excluding hydrogens is 306 g/mol. The number of hydrogen-bond donors (Lipinski definition) is 1. The first-order valence-electron chi connectivity index (χ1n) is 7.24. The Morgan fingerprint density at radius 2 is 1.88 bits per heavy atom. The fourth-order valence-electron chi connectivity index (χ4n) is 1.97. The van der Waals surface area contributed by atoms with E-state index in [1.165, 1.54) is 12.1 Å². The molecule has 0 unspecified atom stereocenters. The third-order valence-corrected chi connectivity index (χ3v) is 3.23. The zero-order chi connectivity index (χ0) is 17.5. The molecule has 2 aromatic rings. The van der Waals surface area contributed by atoms with Crippen LogP contribution in [-0.4, -0.2) is 32.6 Å². The molecule has 0 fully saturated rings. The first-order valence-corrected chi connectivity index (χ1v) is 7.24. The van der Waals surface area contributed by atoms with Crippen molar-refractivity contribution in [3.63, 3.8) is 0 Å². The van der Waals surface area contributed by atoms with Crippen molar-refractivity contribution in [1.82, 2.24) is 0 Å². The quantitative estimate of drug-likeness (QED) is 0.855. The maximum Gasteiger partial charge on any atom is 0.338 e. The van der Waals surface area contributed by atoms with Gasteiger partial charge in [0.1, 0.15) is 0 Å². The highest BCUT2D eigenvalue weighted by atomic mass is 16.5. The van der Waals surface area contributed by atoms with Crippen LogP contribution in [0.1, 0.15) is 15.9 Å². The lowest BCUT2D eigenvalue weighted by atomic mass is 10.1. The van der Waals surface area contributed by atoms with E-state index in [1.54, 1.807) is 24.3 Å². The van der Waals surface area contributed by atoms with Gasteiger partial charge < -0.3 is 15.0 Å². The molecule has 0 bridgehead atoms. The minimum Gasteiger partial charge on any atom is -0.452 e. The number of nitrogens with one attached hydrogen (secondary N) is 1. The van der Waals surface area contributed by atoms with Gasteiger partial charge in [-0.2, -0.15) is 5.26 Å². The Hall–Kier alpha value is -3.33. The van der Waals surface area contributed by atoms with Crippen molar-refractivity contribution in [2.75, 3.05) is 30.9 Å². The molecule has 0 aliphatic rings. The largest absolute Gasteiger partial charge is 0.452 e. The van der Waals surface area contributed by atoms with Crippen LogP contribution in [0.15, 0.2) is 48.5 Å². The van der Waals surface area contributed by atoms with E-state index in [0.29, 0.717) is 11.3 Å². The summed E-state index contributed by atoms with van der Waals surface area (Å²) in [5, 5.41) is 11.5. The van der Waals surface area contributed by atoms with Gasteiger partial charge in [-0.05, 0) is 42.5 Å². The van der Waals surface area contributed by atoms with Crippen molar-refractivity contribution in [2.45, 2.75) is 0 Å². The molecule has 0 aliphatic carbocycles. The van der Waals surface area contributed by atoms with Crippen LogP contribution in [0.4, 0.5) is 11.4 Å². The van der Waals surface area contributed by atoms with Crippen LogP contribution >= 0.6 is 0 Å². The third kappa shape index (κ3) is 4.58. The normalized spacial score (nSPS) is 9.71. The number of anilines is 2. The molecule has 6 heteroatoms. The predicted molar refractivity (Wildman–Crippen MR) is 90.8 cm³/mol. The first kappa shape index (κ1) is 17.0. The minimum absolute atomic E-state index is 0.234. The molecule has 0 aliphatic heterocycles. The van der Waals surface area contributed by atoms with Crippen molar-refractivity contribution in [3.8, 4) is 6.07 Å². The Morgan fingerprint density at radius 1 is 1.17 bits per heavy atom. The van der Waals surface area contributed by atoms with Gasteiger partial charge in [-0.3, -0.25) is 4.79 Å². The van der Waals surface area contributed by atoms with Gasteiger partial charge in [0.15, 0.2) is 6.61 Å². The van der Waals surface area contributed by atoms with Gasteiger partial charge >= 0.3 is 5.97 Å². The molecule has 24 heavy (non-hydrogen) atoms. The van der Waals surface area contributed by atoms with Crippen molar-refractivity contribution in [2.24, 2.45) is 0 Å². The molecule has 0 aromatic heterocycles. The fourth-order valence-corrected chi connectivity index (χ4v) is 1.97. The monoisotopic (exact) mass is 323 g/mol. The maximum atomic E-state index is 11.9. The van der Waals surface area contributed by atoms with Crippen molar-refractivity contribution in [1.29, 1.82) is 5.26 Å². The van der Waals surface area contributed by atoms with Crippen LogP contribution in [-0.2, 0) is 9.53 Å². The number of esters is 1. The van der Waals surface area contributed by atoms with Gasteiger partial charge in [-0.15, -0.1) is 0 Å². The summed E-state index contributed by atoms with van der Waals surface area (Å²) in [6, 6.07) is 15.3. The zero-order valence-electron chi connectivity index (χ0n) is 13.4. The Bertz CT molecular complexity index is 777. The SMILES string of the molecule is CN(C)c1ccc(NC(=O)COC(=O)c2cccc(C#N)c2)cc1. The average Bonchev–Trinajstić information content (AvgIpc) is 2.60. The number of benzene rings is 2. The Balaban J connectivity index is 1.88. The van der Waals surface area contributed by atoms with E-state index in [-0.39, 0.29) is 5.56 Å². The number of nitrogens with zero attached hydrogens (tertiary/aromatic N) is 2. The van der Waals surface area contributed by atoms with Crippen LogP contribution < -0.4 is 10.2 Å². The summed E-state index contributed by atoms with van der Waals surface area (Å²) in [4.78, 5) is 25.7. The summed E-state index contributed by atoms with van der Waals surface area (Å²) >= 11 is 0. The summed E-state index contributed by atoms with van der Waals surface area (Å²) in [6.07, 6.45) is 0. The fraction of sp³-hybridized carbons (Fsp3) is 0.167. The smallest absolute Gasteiger partial charge is 0.338 e. The van der Waals surface area contributed by atoms with E-state index >= 15 is 0 Å². The Morgan fingerprint density at radius 3 is 2.50 bits per heavy atom. The highest BCUT2D eigenvalue weighted by molar-refractivity contribution is 5.95. The topological polar surface area (TPSA) is 82.4 Å². The highest BCUT2D eigenvalue weighted by Gasteiger charge is 2.11. The van der Waals surface area contributed by atoms with Crippen LogP contribution in [0.5, 0.6) is 0 Å². The summed E-state index contributed by atoms with van der Waals surface area (Å²) in [6.45, 7) is -0.398. The zero-order valence-corrected chi connectivity index (χ0v) is 13.4. The molecule has 1 amide bonds. The van der Waals surface area contributed by atoms with E-state index in [4.69, 9.17) is 10.00 Å². The number of amides is 1. The van der Waals surface area contributed by atoms with Gasteiger partial charge in [0.2, 0.25) is 0 Å². The van der Waals surface area contributed by atoms with E-state index in [9.17, 15) is 9.59 Å². The van der Waals surface area contributed by atoms with Crippen LogP contribution in [0.2, 0.25) is 0 Å². The molecule has 2 rings (SSSR count). The van der Waals surface area contributed by atoms with Crippen LogP contribution in [0.3, 0.4) is 0 Å². The predicted octanol–water partition coefficient (Wildman–Crippen LogP) is 2.42. The maximum absolute atomic E-state index is 11.9. The van der Waals surface area contributed by atoms with E-state index in [0.717, 1.165) is 5.69 Å². The van der Waals surface area contributed by atoms with Gasteiger partial charge in [0.25, 0.3) is 5.91 Å². The number of carbonyl (C=O) groups excluding carboxylic acids is 2. The molecule has 0 saturated carbocycles. The Labute approximate surface area is 140 Å². The van der Waals surface area contributed by atoms with Crippen molar-refractivity contribution >= 4 is 23.3 Å². The van der Waals surface area contributed by atoms with Crippen molar-refractivity contribution in [3.05, 3.63) is 59.7 Å². The molecule has 0 heterocycles. The second-order valence-electron chi connectivity index (χ2n) is 5.26. The second-order valence-corrected chi connectivity index (χ2v) is 5.26. The van der Waals surface area contributed by atoms with E-state index < -0.39 is 18.5 Å². The number of ether oxygens (including phenoxy) is 1. The lowest BCUT2D eigenvalue weighted by Gasteiger charge is -2.13. The van der Waals surface area contributed by atoms with E-state index in [1.807, 2.05) is 37.2 Å². The molecule has 0 saturated heterocycles. The van der Waals surface area contributed by atoms with Crippen molar-refractivity contribution < 1.29 is 14.3 Å². The van der Waals surface area contributed by atoms with Gasteiger partial charge in [0, 0.05) is 25.5 Å². The molecule has 122 valence electrons. The summed E-state index contributed by atoms with van der Waals surface area (Å²) in [5.41, 5.74) is 2.22. The van der Waals surface area contributed by atoms with Crippen LogP contribution in [0, 0.1) is 11.3 Å².